The van der Waals surface area contributed by atoms with Gasteiger partial charge in [0.05, 0.1) is 6.54 Å². The molecule has 1 heterocycles. The molecule has 1 aromatic rings. The van der Waals surface area contributed by atoms with Crippen LogP contribution in [0, 0.1) is 12.8 Å². The van der Waals surface area contributed by atoms with Crippen molar-refractivity contribution < 1.29 is 4.79 Å². The highest BCUT2D eigenvalue weighted by molar-refractivity contribution is 5.81. The maximum Gasteiger partial charge on any atom is 0.238 e. The van der Waals surface area contributed by atoms with Crippen LogP contribution in [-0.2, 0) is 4.79 Å². The lowest BCUT2D eigenvalue weighted by atomic mass is 10.00. The van der Waals surface area contributed by atoms with Crippen molar-refractivity contribution in [2.45, 2.75) is 33.0 Å². The molecular weight excluding hydrogens is 262 g/mol. The Kier molecular flexibility index (Phi) is 5.01. The topological polar surface area (TPSA) is 35.6 Å². The second-order valence-electron chi connectivity index (χ2n) is 6.57. The van der Waals surface area contributed by atoms with Crippen LogP contribution in [0.2, 0.25) is 0 Å². The number of nitrogens with zero attached hydrogens (tertiary/aromatic N) is 2. The molecular formula is C17H27N3O. The van der Waals surface area contributed by atoms with E-state index in [-0.39, 0.29) is 18.1 Å². The first kappa shape index (κ1) is 16.0. The van der Waals surface area contributed by atoms with E-state index in [4.69, 9.17) is 0 Å². The molecule has 0 bridgehead atoms. The van der Waals surface area contributed by atoms with Crippen molar-refractivity contribution >= 4 is 5.91 Å². The molecule has 2 atom stereocenters. The Bertz CT molecular complexity index is 499. The van der Waals surface area contributed by atoms with Crippen molar-refractivity contribution in [3.8, 4) is 0 Å². The van der Waals surface area contributed by atoms with Gasteiger partial charge in [-0.05, 0) is 32.5 Å². The van der Waals surface area contributed by atoms with Crippen LogP contribution >= 0.6 is 0 Å². The zero-order valence-electron chi connectivity index (χ0n) is 13.8. The maximum atomic E-state index is 12.4. The molecule has 0 spiro atoms. The lowest BCUT2D eigenvalue weighted by molar-refractivity contribution is -0.131. The summed E-state index contributed by atoms with van der Waals surface area (Å²) in [5.41, 5.74) is 2.40. The van der Waals surface area contributed by atoms with Gasteiger partial charge in [0.25, 0.3) is 0 Å². The van der Waals surface area contributed by atoms with Gasteiger partial charge in [-0.2, -0.15) is 0 Å². The molecule has 1 N–H and O–H groups in total. The number of aryl methyl sites for hydroxylation is 1. The molecule has 0 radical (unpaired) electrons. The van der Waals surface area contributed by atoms with Gasteiger partial charge in [0.2, 0.25) is 5.91 Å². The second kappa shape index (κ2) is 6.58. The van der Waals surface area contributed by atoms with E-state index in [1.165, 1.54) is 11.1 Å². The summed E-state index contributed by atoms with van der Waals surface area (Å²) in [6.07, 6.45) is -0.00949. The summed E-state index contributed by atoms with van der Waals surface area (Å²) >= 11 is 0. The first-order chi connectivity index (χ1) is 9.90. The third kappa shape index (κ3) is 3.63. The van der Waals surface area contributed by atoms with Gasteiger partial charge in [-0.1, -0.05) is 43.7 Å². The van der Waals surface area contributed by atoms with E-state index in [0.29, 0.717) is 12.5 Å². The summed E-state index contributed by atoms with van der Waals surface area (Å²) in [6.45, 7) is 7.77. The minimum atomic E-state index is -0.00949. The van der Waals surface area contributed by atoms with E-state index in [0.717, 1.165) is 6.54 Å². The van der Waals surface area contributed by atoms with Crippen LogP contribution in [-0.4, -0.2) is 48.9 Å². The molecule has 1 amide bonds. The standard InChI is InChI=1S/C17H27N3O/c1-12(2)15(11-19(4)5)20-16(21)10-18-17(20)14-8-6-7-13(3)9-14/h6-9,12,15,17-18H,10-11H2,1-5H3. The van der Waals surface area contributed by atoms with Crippen LogP contribution < -0.4 is 5.32 Å². The molecule has 116 valence electrons. The van der Waals surface area contributed by atoms with Crippen LogP contribution in [0.25, 0.3) is 0 Å². The fourth-order valence-electron chi connectivity index (χ4n) is 3.01. The zero-order valence-corrected chi connectivity index (χ0v) is 13.8. The van der Waals surface area contributed by atoms with Crippen LogP contribution in [0.15, 0.2) is 24.3 Å². The normalized spacial score (nSPS) is 20.6. The zero-order chi connectivity index (χ0) is 15.6. The van der Waals surface area contributed by atoms with E-state index in [9.17, 15) is 4.79 Å². The summed E-state index contributed by atoms with van der Waals surface area (Å²) in [6, 6.07) is 8.63. The fourth-order valence-corrected chi connectivity index (χ4v) is 3.01. The number of likely N-dealkylation sites (N-methyl/N-ethyl adjacent to an activating group) is 1. The van der Waals surface area contributed by atoms with Gasteiger partial charge >= 0.3 is 0 Å². The minimum Gasteiger partial charge on any atom is -0.317 e. The summed E-state index contributed by atoms with van der Waals surface area (Å²) in [7, 11) is 4.12. The number of hydrogen-bond acceptors (Lipinski definition) is 3. The number of rotatable bonds is 5. The molecule has 0 saturated carbocycles. The van der Waals surface area contributed by atoms with Crippen LogP contribution in [0.1, 0.15) is 31.1 Å². The molecule has 1 aliphatic heterocycles. The average Bonchev–Trinajstić information content (AvgIpc) is 2.77. The molecule has 1 aromatic carbocycles. The van der Waals surface area contributed by atoms with Crippen LogP contribution in [0.5, 0.6) is 0 Å². The van der Waals surface area contributed by atoms with Gasteiger partial charge in [0.1, 0.15) is 6.17 Å². The van der Waals surface area contributed by atoms with Crippen molar-refractivity contribution in [3.05, 3.63) is 35.4 Å². The number of amides is 1. The van der Waals surface area contributed by atoms with Crippen molar-refractivity contribution in [1.29, 1.82) is 0 Å². The van der Waals surface area contributed by atoms with Crippen LogP contribution in [0.4, 0.5) is 0 Å². The Labute approximate surface area is 128 Å². The van der Waals surface area contributed by atoms with Gasteiger partial charge in [-0.25, -0.2) is 0 Å². The largest absolute Gasteiger partial charge is 0.317 e. The number of hydrogen-bond donors (Lipinski definition) is 1. The molecule has 4 heteroatoms. The van der Waals surface area contributed by atoms with Gasteiger partial charge in [0.15, 0.2) is 0 Å². The van der Waals surface area contributed by atoms with Crippen molar-refractivity contribution in [2.75, 3.05) is 27.2 Å². The fraction of sp³-hybridized carbons (Fsp3) is 0.588. The first-order valence-electron chi connectivity index (χ1n) is 7.66. The monoisotopic (exact) mass is 289 g/mol. The molecule has 1 saturated heterocycles. The summed E-state index contributed by atoms with van der Waals surface area (Å²) in [5.74, 6) is 0.616. The third-order valence-corrected chi connectivity index (χ3v) is 4.05. The Morgan fingerprint density at radius 2 is 2.10 bits per heavy atom. The highest BCUT2D eigenvalue weighted by atomic mass is 16.2. The molecule has 21 heavy (non-hydrogen) atoms. The highest BCUT2D eigenvalue weighted by Gasteiger charge is 2.38. The predicted molar refractivity (Wildman–Crippen MR) is 85.9 cm³/mol. The number of carbonyl (C=O) groups excluding carboxylic acids is 1. The highest BCUT2D eigenvalue weighted by Crippen LogP contribution is 2.28. The van der Waals surface area contributed by atoms with Gasteiger partial charge in [0, 0.05) is 12.6 Å². The summed E-state index contributed by atoms with van der Waals surface area (Å²) in [5, 5.41) is 3.37. The van der Waals surface area contributed by atoms with Gasteiger partial charge in [-0.15, -0.1) is 0 Å². The van der Waals surface area contributed by atoms with Gasteiger partial charge < -0.3 is 9.80 Å². The smallest absolute Gasteiger partial charge is 0.238 e. The van der Waals surface area contributed by atoms with Crippen LogP contribution in [0.3, 0.4) is 0 Å². The number of carbonyl (C=O) groups is 1. The molecule has 4 nitrogen and oxygen atoms in total. The van der Waals surface area contributed by atoms with Gasteiger partial charge in [-0.3, -0.25) is 10.1 Å². The summed E-state index contributed by atoms with van der Waals surface area (Å²) < 4.78 is 0. The molecule has 1 fully saturated rings. The average molecular weight is 289 g/mol. The van der Waals surface area contributed by atoms with Crippen molar-refractivity contribution in [1.82, 2.24) is 15.1 Å². The lowest BCUT2D eigenvalue weighted by Crippen LogP contribution is -2.47. The molecule has 0 aromatic heterocycles. The van der Waals surface area contributed by atoms with E-state index in [1.807, 2.05) is 4.90 Å². The Morgan fingerprint density at radius 3 is 2.67 bits per heavy atom. The molecule has 1 aliphatic rings. The minimum absolute atomic E-state index is 0.00949. The number of benzene rings is 1. The Balaban J connectivity index is 2.30. The third-order valence-electron chi connectivity index (χ3n) is 4.05. The van der Waals surface area contributed by atoms with E-state index in [1.54, 1.807) is 0 Å². The van der Waals surface area contributed by atoms with Crippen molar-refractivity contribution in [3.63, 3.8) is 0 Å². The summed E-state index contributed by atoms with van der Waals surface area (Å²) in [4.78, 5) is 16.6. The predicted octanol–water partition coefficient (Wildman–Crippen LogP) is 2.01. The molecule has 2 rings (SSSR count). The Hall–Kier alpha value is -1.39. The molecule has 2 unspecified atom stereocenters. The lowest BCUT2D eigenvalue weighted by Gasteiger charge is -2.37. The second-order valence-corrected chi connectivity index (χ2v) is 6.57. The quantitative estimate of drug-likeness (QED) is 0.901. The molecule has 0 aliphatic carbocycles. The van der Waals surface area contributed by atoms with E-state index < -0.39 is 0 Å². The maximum absolute atomic E-state index is 12.4. The Morgan fingerprint density at radius 1 is 1.38 bits per heavy atom. The number of nitrogens with one attached hydrogen (secondary N) is 1. The van der Waals surface area contributed by atoms with E-state index in [2.05, 4.69) is 69.3 Å². The SMILES string of the molecule is Cc1cccc(C2NCC(=O)N2C(CN(C)C)C(C)C)c1. The van der Waals surface area contributed by atoms with Crippen molar-refractivity contribution in [2.24, 2.45) is 5.92 Å². The van der Waals surface area contributed by atoms with E-state index >= 15 is 0 Å². The first-order valence-corrected chi connectivity index (χ1v) is 7.66.